The Bertz CT molecular complexity index is 610. The Morgan fingerprint density at radius 2 is 1.77 bits per heavy atom. The normalized spacial score (nSPS) is 13.4. The minimum absolute atomic E-state index is 0.0951. The van der Waals surface area contributed by atoms with Crippen LogP contribution in [0.2, 0.25) is 0 Å². The van der Waals surface area contributed by atoms with Gasteiger partial charge in [-0.2, -0.15) is 0 Å². The Morgan fingerprint density at radius 1 is 1.14 bits per heavy atom. The average Bonchev–Trinajstić information content (AvgIpc) is 2.54. The summed E-state index contributed by atoms with van der Waals surface area (Å²) < 4.78 is 4.70. The maximum Gasteiger partial charge on any atom is 0.305 e. The molecule has 0 spiro atoms. The number of carboxylic acids is 1. The van der Waals surface area contributed by atoms with E-state index in [2.05, 4.69) is 0 Å². The molecule has 1 N–H and O–H groups in total. The Balaban J connectivity index is 2.14. The highest BCUT2D eigenvalue weighted by Crippen LogP contribution is 2.41. The van der Waals surface area contributed by atoms with E-state index in [0.717, 1.165) is 22.6 Å². The van der Waals surface area contributed by atoms with Gasteiger partial charge >= 0.3 is 5.97 Å². The maximum atomic E-state index is 11.3. The van der Waals surface area contributed by atoms with E-state index < -0.39 is 10.7 Å². The van der Waals surface area contributed by atoms with Crippen LogP contribution in [0.3, 0.4) is 0 Å². The number of methoxy groups -OCH3 is 1. The number of rotatable bonds is 7. The first kappa shape index (κ1) is 16.4. The molecule has 22 heavy (non-hydrogen) atoms. The number of carbonyl (C=O) groups is 1. The molecule has 0 amide bonds. The quantitative estimate of drug-likeness (QED) is 0.826. The lowest BCUT2D eigenvalue weighted by atomic mass is 9.97. The van der Waals surface area contributed by atoms with E-state index in [1.54, 1.807) is 18.9 Å². The number of hydrogen-bond donors (Lipinski definition) is 1. The van der Waals surface area contributed by atoms with Crippen LogP contribution in [0.5, 0.6) is 5.75 Å². The third-order valence-electron chi connectivity index (χ3n) is 3.59. The summed E-state index contributed by atoms with van der Waals surface area (Å²) in [5.74, 6) is 0.793. The van der Waals surface area contributed by atoms with Gasteiger partial charge < -0.3 is 9.84 Å². The summed E-state index contributed by atoms with van der Waals surface area (Å²) >= 11 is 1.65. The largest absolute Gasteiger partial charge is 0.497 e. The molecule has 0 radical (unpaired) electrons. The van der Waals surface area contributed by atoms with Crippen molar-refractivity contribution in [2.45, 2.75) is 23.8 Å². The number of carboxylic acid groups (broad SMARTS) is 1. The molecule has 0 heterocycles. The highest BCUT2D eigenvalue weighted by atomic mass is 32.2. The second kappa shape index (κ2) is 7.36. The summed E-state index contributed by atoms with van der Waals surface area (Å²) in [6, 6.07) is 17.7. The van der Waals surface area contributed by atoms with E-state index >= 15 is 0 Å². The van der Waals surface area contributed by atoms with E-state index in [1.165, 1.54) is 0 Å². The van der Waals surface area contributed by atoms with Gasteiger partial charge in [-0.3, -0.25) is 4.79 Å². The number of benzene rings is 2. The lowest BCUT2D eigenvalue weighted by Gasteiger charge is -2.28. The summed E-state index contributed by atoms with van der Waals surface area (Å²) in [6.07, 6.45) is 0.0951. The molecule has 1 atom stereocenters. The van der Waals surface area contributed by atoms with Gasteiger partial charge in [0.15, 0.2) is 0 Å². The zero-order valence-corrected chi connectivity index (χ0v) is 13.6. The second-order valence-electron chi connectivity index (χ2n) is 5.30. The fourth-order valence-corrected chi connectivity index (χ4v) is 3.49. The van der Waals surface area contributed by atoms with Crippen molar-refractivity contribution in [1.29, 1.82) is 0 Å². The Kier molecular flexibility index (Phi) is 5.50. The highest BCUT2D eigenvalue weighted by molar-refractivity contribution is 7.99. The lowest BCUT2D eigenvalue weighted by molar-refractivity contribution is -0.137. The smallest absolute Gasteiger partial charge is 0.305 e. The number of hydrogen-bond acceptors (Lipinski definition) is 3. The Hall–Kier alpha value is -1.94. The molecule has 1 unspecified atom stereocenters. The van der Waals surface area contributed by atoms with Crippen LogP contribution < -0.4 is 4.74 Å². The van der Waals surface area contributed by atoms with Crippen LogP contribution >= 0.6 is 11.8 Å². The van der Waals surface area contributed by atoms with Crippen molar-refractivity contribution in [2.24, 2.45) is 0 Å². The molecule has 0 fully saturated rings. The van der Waals surface area contributed by atoms with Gasteiger partial charge in [-0.15, -0.1) is 11.8 Å². The fourth-order valence-electron chi connectivity index (χ4n) is 2.28. The minimum Gasteiger partial charge on any atom is -0.497 e. The molecule has 2 rings (SSSR count). The predicted molar refractivity (Wildman–Crippen MR) is 90.3 cm³/mol. The second-order valence-corrected chi connectivity index (χ2v) is 6.78. The molecular weight excluding hydrogens is 296 g/mol. The molecule has 116 valence electrons. The third kappa shape index (κ3) is 4.28. The number of aliphatic carboxylic acids is 1. The Labute approximate surface area is 135 Å². The van der Waals surface area contributed by atoms with Crippen molar-refractivity contribution in [3.63, 3.8) is 0 Å². The molecule has 0 aromatic heterocycles. The molecule has 2 aromatic rings. The molecule has 2 aromatic carbocycles. The topological polar surface area (TPSA) is 46.5 Å². The molecule has 0 aliphatic heterocycles. The third-order valence-corrected chi connectivity index (χ3v) is 5.08. The zero-order valence-electron chi connectivity index (χ0n) is 12.8. The molecular formula is C18H20O3S. The summed E-state index contributed by atoms with van der Waals surface area (Å²) in [5, 5.41) is 9.25. The summed E-state index contributed by atoms with van der Waals surface area (Å²) in [5.41, 5.74) is 2.19. The number of ether oxygens (including phenoxy) is 1. The molecule has 0 saturated heterocycles. The first-order valence-corrected chi connectivity index (χ1v) is 8.06. The van der Waals surface area contributed by atoms with Gasteiger partial charge in [0.2, 0.25) is 0 Å². The van der Waals surface area contributed by atoms with Gasteiger partial charge in [-0.05, 0) is 30.2 Å². The average molecular weight is 316 g/mol. The van der Waals surface area contributed by atoms with Crippen LogP contribution in [0.25, 0.3) is 0 Å². The molecule has 0 aliphatic rings. The van der Waals surface area contributed by atoms with E-state index in [-0.39, 0.29) is 6.42 Å². The van der Waals surface area contributed by atoms with E-state index in [1.807, 2.05) is 61.5 Å². The van der Waals surface area contributed by atoms with Gasteiger partial charge in [-0.1, -0.05) is 42.5 Å². The van der Waals surface area contributed by atoms with Gasteiger partial charge in [0.25, 0.3) is 0 Å². The van der Waals surface area contributed by atoms with Crippen LogP contribution in [-0.4, -0.2) is 18.2 Å². The van der Waals surface area contributed by atoms with Gasteiger partial charge in [0.1, 0.15) is 5.75 Å². The molecule has 0 saturated carbocycles. The van der Waals surface area contributed by atoms with E-state index in [4.69, 9.17) is 4.74 Å². The van der Waals surface area contributed by atoms with Crippen molar-refractivity contribution < 1.29 is 14.6 Å². The maximum absolute atomic E-state index is 11.3. The van der Waals surface area contributed by atoms with E-state index in [9.17, 15) is 9.90 Å². The molecule has 4 heteroatoms. The fraction of sp³-hybridized carbons (Fsp3) is 0.278. The predicted octanol–water partition coefficient (Wildman–Crippen LogP) is 4.32. The minimum atomic E-state index is -0.784. The van der Waals surface area contributed by atoms with Crippen molar-refractivity contribution >= 4 is 17.7 Å². The van der Waals surface area contributed by atoms with E-state index in [0.29, 0.717) is 0 Å². The summed E-state index contributed by atoms with van der Waals surface area (Å²) in [6.45, 7) is 1.99. The Morgan fingerprint density at radius 3 is 2.32 bits per heavy atom. The molecule has 0 aliphatic carbocycles. The highest BCUT2D eigenvalue weighted by Gasteiger charge is 2.30. The number of thioether (sulfide) groups is 1. The summed E-state index contributed by atoms with van der Waals surface area (Å²) in [4.78, 5) is 11.3. The first-order chi connectivity index (χ1) is 10.5. The summed E-state index contributed by atoms with van der Waals surface area (Å²) in [7, 11) is 1.64. The van der Waals surface area contributed by atoms with Crippen LogP contribution in [0.4, 0.5) is 0 Å². The van der Waals surface area contributed by atoms with Crippen molar-refractivity contribution in [2.75, 3.05) is 7.11 Å². The SMILES string of the molecule is COc1ccc(CSC(C)(CC(=O)O)c2ccccc2)cc1. The van der Waals surface area contributed by atoms with Crippen molar-refractivity contribution in [3.8, 4) is 5.75 Å². The van der Waals surface area contributed by atoms with Gasteiger partial charge in [0.05, 0.1) is 13.5 Å². The standard InChI is InChI=1S/C18H20O3S/c1-18(12-17(19)20,15-6-4-3-5-7-15)22-13-14-8-10-16(21-2)11-9-14/h3-11H,12-13H2,1-2H3,(H,19,20). The molecule has 3 nitrogen and oxygen atoms in total. The van der Waals surface area contributed by atoms with Crippen molar-refractivity contribution in [3.05, 3.63) is 65.7 Å². The van der Waals surface area contributed by atoms with Crippen LogP contribution in [0.15, 0.2) is 54.6 Å². The monoisotopic (exact) mass is 316 g/mol. The lowest BCUT2D eigenvalue weighted by Crippen LogP contribution is -2.22. The van der Waals surface area contributed by atoms with Crippen LogP contribution in [0, 0.1) is 0 Å². The van der Waals surface area contributed by atoms with Crippen LogP contribution in [0.1, 0.15) is 24.5 Å². The van der Waals surface area contributed by atoms with Gasteiger partial charge in [0, 0.05) is 10.5 Å². The molecule has 0 bridgehead atoms. The van der Waals surface area contributed by atoms with Crippen LogP contribution in [-0.2, 0) is 15.3 Å². The van der Waals surface area contributed by atoms with Gasteiger partial charge in [-0.25, -0.2) is 0 Å². The zero-order chi connectivity index (χ0) is 16.0. The first-order valence-electron chi connectivity index (χ1n) is 7.08. The van der Waals surface area contributed by atoms with Crippen molar-refractivity contribution in [1.82, 2.24) is 0 Å².